The van der Waals surface area contributed by atoms with Gasteiger partial charge in [-0.1, -0.05) is 0 Å². The molecule has 8 heteroatoms. The van der Waals surface area contributed by atoms with E-state index in [0.717, 1.165) is 13.3 Å². The van der Waals surface area contributed by atoms with Crippen LogP contribution in [0.4, 0.5) is 0 Å². The third-order valence-corrected chi connectivity index (χ3v) is 1.68. The van der Waals surface area contributed by atoms with Crippen molar-refractivity contribution in [2.75, 3.05) is 6.54 Å². The van der Waals surface area contributed by atoms with Gasteiger partial charge < -0.3 is 15.5 Å². The molecule has 0 aliphatic rings. The first kappa shape index (κ1) is 11.1. The molecule has 0 spiro atoms. The number of aliphatic hydroxyl groups is 1. The molecule has 82 valence electrons. The van der Waals surface area contributed by atoms with Crippen molar-refractivity contribution in [3.63, 3.8) is 0 Å². The number of carboxylic acid groups (broad SMARTS) is 1. The molecule has 4 N–H and O–H groups in total. The Hall–Kier alpha value is -1.96. The fourth-order valence-electron chi connectivity index (χ4n) is 0.727. The summed E-state index contributed by atoms with van der Waals surface area (Å²) >= 11 is 0. The van der Waals surface area contributed by atoms with Crippen LogP contribution in [0, 0.1) is 0 Å². The number of rotatable bonds is 4. The van der Waals surface area contributed by atoms with Gasteiger partial charge in [-0.2, -0.15) is 5.10 Å². The van der Waals surface area contributed by atoms with Crippen molar-refractivity contribution in [3.05, 3.63) is 12.2 Å². The standard InChI is InChI=1S/C7H10N4O4/c1-7(15,6(13)14)2-8-5(12)4-9-3-10-11-4/h3,15H,2H2,1H3,(H,8,12)(H,13,14)(H,9,10,11). The Kier molecular flexibility index (Phi) is 3.00. The summed E-state index contributed by atoms with van der Waals surface area (Å²) in [5.41, 5.74) is -2.00. The molecule has 0 aliphatic carbocycles. The highest BCUT2D eigenvalue weighted by Crippen LogP contribution is 2.01. The Morgan fingerprint density at radius 3 is 2.80 bits per heavy atom. The normalized spacial score (nSPS) is 14.3. The van der Waals surface area contributed by atoms with Crippen molar-refractivity contribution in [1.29, 1.82) is 0 Å². The van der Waals surface area contributed by atoms with E-state index in [1.54, 1.807) is 0 Å². The molecule has 8 nitrogen and oxygen atoms in total. The molecule has 0 radical (unpaired) electrons. The number of carboxylic acids is 1. The lowest BCUT2D eigenvalue weighted by molar-refractivity contribution is -0.155. The van der Waals surface area contributed by atoms with E-state index >= 15 is 0 Å². The lowest BCUT2D eigenvalue weighted by Gasteiger charge is -2.17. The first-order chi connectivity index (χ1) is 6.93. The van der Waals surface area contributed by atoms with Gasteiger partial charge in [-0.15, -0.1) is 0 Å². The number of hydrogen-bond donors (Lipinski definition) is 4. The van der Waals surface area contributed by atoms with Crippen LogP contribution in [-0.4, -0.2) is 49.4 Å². The number of nitrogens with zero attached hydrogens (tertiary/aromatic N) is 2. The number of aromatic nitrogens is 3. The number of nitrogens with one attached hydrogen (secondary N) is 2. The van der Waals surface area contributed by atoms with Crippen LogP contribution in [0.15, 0.2) is 6.33 Å². The molecular formula is C7H10N4O4. The fraction of sp³-hybridized carbons (Fsp3) is 0.429. The zero-order chi connectivity index (χ0) is 11.5. The topological polar surface area (TPSA) is 128 Å². The number of amides is 1. The minimum Gasteiger partial charge on any atom is -0.479 e. The van der Waals surface area contributed by atoms with E-state index < -0.39 is 24.0 Å². The summed E-state index contributed by atoms with van der Waals surface area (Å²) in [6.07, 6.45) is 1.14. The van der Waals surface area contributed by atoms with Crippen molar-refractivity contribution in [1.82, 2.24) is 20.5 Å². The van der Waals surface area contributed by atoms with Gasteiger partial charge >= 0.3 is 5.97 Å². The van der Waals surface area contributed by atoms with Gasteiger partial charge in [0.1, 0.15) is 6.33 Å². The third-order valence-electron chi connectivity index (χ3n) is 1.68. The Morgan fingerprint density at radius 2 is 2.33 bits per heavy atom. The molecule has 0 aromatic carbocycles. The first-order valence-electron chi connectivity index (χ1n) is 4.03. The Balaban J connectivity index is 2.51. The van der Waals surface area contributed by atoms with Crippen LogP contribution in [0.5, 0.6) is 0 Å². The van der Waals surface area contributed by atoms with Crippen LogP contribution in [0.3, 0.4) is 0 Å². The van der Waals surface area contributed by atoms with Crippen LogP contribution < -0.4 is 5.32 Å². The molecule has 1 atom stereocenters. The maximum absolute atomic E-state index is 11.2. The van der Waals surface area contributed by atoms with Crippen molar-refractivity contribution < 1.29 is 19.8 Å². The van der Waals surface area contributed by atoms with Gasteiger partial charge in [0.25, 0.3) is 5.91 Å². The molecule has 1 aromatic rings. The van der Waals surface area contributed by atoms with Gasteiger partial charge in [-0.3, -0.25) is 9.89 Å². The number of aliphatic carboxylic acids is 1. The van der Waals surface area contributed by atoms with E-state index in [1.807, 2.05) is 0 Å². The van der Waals surface area contributed by atoms with Crippen molar-refractivity contribution >= 4 is 11.9 Å². The zero-order valence-corrected chi connectivity index (χ0v) is 7.89. The van der Waals surface area contributed by atoms with Gasteiger partial charge in [0.05, 0.1) is 6.54 Å². The molecule has 1 aromatic heterocycles. The number of carbonyl (C=O) groups excluding carboxylic acids is 1. The summed E-state index contributed by atoms with van der Waals surface area (Å²) in [7, 11) is 0. The van der Waals surface area contributed by atoms with E-state index in [9.17, 15) is 14.7 Å². The van der Waals surface area contributed by atoms with E-state index in [2.05, 4.69) is 20.5 Å². The molecule has 0 saturated heterocycles. The molecule has 1 unspecified atom stereocenters. The van der Waals surface area contributed by atoms with E-state index in [0.29, 0.717) is 0 Å². The minimum absolute atomic E-state index is 0.0452. The van der Waals surface area contributed by atoms with Gasteiger partial charge in [0, 0.05) is 0 Å². The Bertz CT molecular complexity index is 359. The molecule has 0 fully saturated rings. The first-order valence-corrected chi connectivity index (χ1v) is 4.03. The fourth-order valence-corrected chi connectivity index (χ4v) is 0.727. The number of carbonyl (C=O) groups is 2. The maximum Gasteiger partial charge on any atom is 0.337 e. The average Bonchev–Trinajstić information content (AvgIpc) is 2.66. The average molecular weight is 214 g/mol. The summed E-state index contributed by atoms with van der Waals surface area (Å²) in [5.74, 6) is -2.09. The summed E-state index contributed by atoms with van der Waals surface area (Å²) in [4.78, 5) is 25.3. The minimum atomic E-state index is -2.00. The predicted octanol–water partition coefficient (Wildman–Crippen LogP) is -1.63. The molecule has 0 aliphatic heterocycles. The number of hydrogen-bond acceptors (Lipinski definition) is 5. The van der Waals surface area contributed by atoms with Gasteiger partial charge in [-0.05, 0) is 6.92 Å². The summed E-state index contributed by atoms with van der Waals surface area (Å²) in [5, 5.41) is 25.8. The predicted molar refractivity (Wildman–Crippen MR) is 47.0 cm³/mol. The summed E-state index contributed by atoms with van der Waals surface area (Å²) in [6, 6.07) is 0. The van der Waals surface area contributed by atoms with Gasteiger partial charge in [0.2, 0.25) is 5.82 Å². The highest BCUT2D eigenvalue weighted by Gasteiger charge is 2.30. The van der Waals surface area contributed by atoms with Crippen LogP contribution in [0.2, 0.25) is 0 Å². The van der Waals surface area contributed by atoms with E-state index in [-0.39, 0.29) is 5.82 Å². The molecule has 1 heterocycles. The highest BCUT2D eigenvalue weighted by atomic mass is 16.4. The smallest absolute Gasteiger partial charge is 0.337 e. The van der Waals surface area contributed by atoms with Crippen molar-refractivity contribution in [3.8, 4) is 0 Å². The largest absolute Gasteiger partial charge is 0.479 e. The maximum atomic E-state index is 11.2. The molecule has 0 saturated carbocycles. The second-order valence-corrected chi connectivity index (χ2v) is 3.10. The molecule has 1 rings (SSSR count). The lowest BCUT2D eigenvalue weighted by atomic mass is 10.1. The van der Waals surface area contributed by atoms with E-state index in [4.69, 9.17) is 5.11 Å². The van der Waals surface area contributed by atoms with Crippen LogP contribution in [0.25, 0.3) is 0 Å². The molecular weight excluding hydrogens is 204 g/mol. The Labute approximate surface area is 84.3 Å². The van der Waals surface area contributed by atoms with Crippen molar-refractivity contribution in [2.24, 2.45) is 0 Å². The quantitative estimate of drug-likeness (QED) is 0.476. The monoisotopic (exact) mass is 214 g/mol. The molecule has 15 heavy (non-hydrogen) atoms. The highest BCUT2D eigenvalue weighted by molar-refractivity contribution is 5.90. The van der Waals surface area contributed by atoms with Crippen LogP contribution in [0.1, 0.15) is 17.5 Å². The molecule has 0 bridgehead atoms. The van der Waals surface area contributed by atoms with Crippen LogP contribution >= 0.6 is 0 Å². The lowest BCUT2D eigenvalue weighted by Crippen LogP contribution is -2.46. The number of H-pyrrole nitrogens is 1. The SMILES string of the molecule is CC(O)(CNC(=O)c1ncn[nH]1)C(=O)O. The Morgan fingerprint density at radius 1 is 1.67 bits per heavy atom. The van der Waals surface area contributed by atoms with Gasteiger partial charge in [-0.25, -0.2) is 9.78 Å². The van der Waals surface area contributed by atoms with E-state index in [1.165, 1.54) is 0 Å². The number of aromatic amines is 1. The van der Waals surface area contributed by atoms with Gasteiger partial charge in [0.15, 0.2) is 5.60 Å². The summed E-state index contributed by atoms with van der Waals surface area (Å²) in [6.45, 7) is 0.665. The van der Waals surface area contributed by atoms with Crippen molar-refractivity contribution in [2.45, 2.75) is 12.5 Å². The second-order valence-electron chi connectivity index (χ2n) is 3.10. The molecule has 1 amide bonds. The van der Waals surface area contributed by atoms with Crippen LogP contribution in [-0.2, 0) is 4.79 Å². The summed E-state index contributed by atoms with van der Waals surface area (Å²) < 4.78 is 0. The second kappa shape index (κ2) is 4.05. The third kappa shape index (κ3) is 2.74. The zero-order valence-electron chi connectivity index (χ0n) is 7.89.